The molecule has 25 heavy (non-hydrogen) atoms. The third-order valence-electron chi connectivity index (χ3n) is 4.86. The van der Waals surface area contributed by atoms with Crippen molar-refractivity contribution in [1.82, 2.24) is 4.90 Å². The van der Waals surface area contributed by atoms with Gasteiger partial charge in [-0.1, -0.05) is 26.2 Å². The van der Waals surface area contributed by atoms with Gasteiger partial charge in [0, 0.05) is 13.1 Å². The Balaban J connectivity index is 2.32. The Morgan fingerprint density at radius 1 is 1.20 bits per heavy atom. The van der Waals surface area contributed by atoms with Crippen molar-refractivity contribution in [2.45, 2.75) is 57.5 Å². The molecule has 1 saturated carbocycles. The number of nitrogens with zero attached hydrogens (tertiary/aromatic N) is 2. The molecule has 1 aromatic rings. The molecule has 1 atom stereocenters. The normalized spacial score (nSPS) is 17.1. The molecule has 0 bridgehead atoms. The summed E-state index contributed by atoms with van der Waals surface area (Å²) in [6, 6.07) is 4.53. The fraction of sp³-hybridized carbons (Fsp3) is 0.611. The second-order valence-electron chi connectivity index (χ2n) is 6.70. The van der Waals surface area contributed by atoms with Crippen LogP contribution in [-0.2, 0) is 14.8 Å². The minimum atomic E-state index is -3.69. The third-order valence-corrected chi connectivity index (χ3v) is 6.04. The molecule has 1 aliphatic carbocycles. The highest BCUT2D eigenvalue weighted by Crippen LogP contribution is 2.27. The minimum absolute atomic E-state index is 0.157. The highest BCUT2D eigenvalue weighted by atomic mass is 32.2. The lowest BCUT2D eigenvalue weighted by molar-refractivity contribution is -0.133. The SMILES string of the molecule is CC[C@H](C(=O)N(C)C1CCCCC1)N(c1ccc(F)cc1)S(C)(=O)=O. The first-order valence-corrected chi connectivity index (χ1v) is 10.6. The van der Waals surface area contributed by atoms with Crippen molar-refractivity contribution in [3.8, 4) is 0 Å². The van der Waals surface area contributed by atoms with Crippen LogP contribution in [0.1, 0.15) is 45.4 Å². The number of amides is 1. The van der Waals surface area contributed by atoms with Gasteiger partial charge >= 0.3 is 0 Å². The number of halogens is 1. The number of likely N-dealkylation sites (N-methyl/N-ethyl adjacent to an activating group) is 1. The molecule has 0 unspecified atom stereocenters. The maximum atomic E-state index is 13.2. The summed E-state index contributed by atoms with van der Waals surface area (Å²) in [4.78, 5) is 14.8. The highest BCUT2D eigenvalue weighted by Gasteiger charge is 2.35. The average molecular weight is 370 g/mol. The van der Waals surface area contributed by atoms with Crippen LogP contribution in [-0.4, -0.2) is 44.6 Å². The second kappa shape index (κ2) is 8.17. The quantitative estimate of drug-likeness (QED) is 0.773. The third kappa shape index (κ3) is 4.71. The fourth-order valence-electron chi connectivity index (χ4n) is 3.51. The van der Waals surface area contributed by atoms with Crippen LogP contribution >= 0.6 is 0 Å². The van der Waals surface area contributed by atoms with Crippen LogP contribution in [0.15, 0.2) is 24.3 Å². The molecule has 0 heterocycles. The number of rotatable bonds is 6. The largest absolute Gasteiger partial charge is 0.341 e. The van der Waals surface area contributed by atoms with Crippen molar-refractivity contribution in [1.29, 1.82) is 0 Å². The Kier molecular flexibility index (Phi) is 6.43. The maximum absolute atomic E-state index is 13.2. The van der Waals surface area contributed by atoms with Gasteiger partial charge in [0.25, 0.3) is 0 Å². The molecule has 1 aliphatic rings. The van der Waals surface area contributed by atoms with Gasteiger partial charge in [0.15, 0.2) is 0 Å². The van der Waals surface area contributed by atoms with E-state index in [0.29, 0.717) is 12.1 Å². The molecule has 140 valence electrons. The lowest BCUT2D eigenvalue weighted by Crippen LogP contribution is -2.52. The number of benzene rings is 1. The molecule has 0 N–H and O–H groups in total. The van der Waals surface area contributed by atoms with E-state index in [2.05, 4.69) is 0 Å². The second-order valence-corrected chi connectivity index (χ2v) is 8.56. The molecule has 0 saturated heterocycles. The van der Waals surface area contributed by atoms with Gasteiger partial charge in [0.2, 0.25) is 15.9 Å². The average Bonchev–Trinajstić information content (AvgIpc) is 2.59. The zero-order valence-electron chi connectivity index (χ0n) is 15.1. The molecule has 0 aliphatic heterocycles. The van der Waals surface area contributed by atoms with Gasteiger partial charge in [0.05, 0.1) is 11.9 Å². The molecule has 1 aromatic carbocycles. The van der Waals surface area contributed by atoms with Crippen LogP contribution in [0.3, 0.4) is 0 Å². The van der Waals surface area contributed by atoms with Crippen LogP contribution in [0.2, 0.25) is 0 Å². The van der Waals surface area contributed by atoms with Crippen LogP contribution in [0, 0.1) is 5.82 Å². The highest BCUT2D eigenvalue weighted by molar-refractivity contribution is 7.92. The van der Waals surface area contributed by atoms with Crippen molar-refractivity contribution < 1.29 is 17.6 Å². The summed E-state index contributed by atoms with van der Waals surface area (Å²) in [5.74, 6) is -0.653. The van der Waals surface area contributed by atoms with Crippen molar-refractivity contribution in [2.24, 2.45) is 0 Å². The summed E-state index contributed by atoms with van der Waals surface area (Å²) in [5.41, 5.74) is 0.307. The van der Waals surface area contributed by atoms with E-state index in [1.807, 2.05) is 0 Å². The van der Waals surface area contributed by atoms with Crippen molar-refractivity contribution in [2.75, 3.05) is 17.6 Å². The molecule has 5 nitrogen and oxygen atoms in total. The molecule has 0 radical (unpaired) electrons. The van der Waals surface area contributed by atoms with Crippen molar-refractivity contribution >= 4 is 21.6 Å². The molecule has 1 amide bonds. The van der Waals surface area contributed by atoms with Gasteiger partial charge in [-0.25, -0.2) is 12.8 Å². The predicted molar refractivity (Wildman–Crippen MR) is 97.4 cm³/mol. The number of hydrogen-bond donors (Lipinski definition) is 0. The molecule has 0 aromatic heterocycles. The maximum Gasteiger partial charge on any atom is 0.246 e. The zero-order valence-corrected chi connectivity index (χ0v) is 15.9. The number of carbonyl (C=O) groups excluding carboxylic acids is 1. The lowest BCUT2D eigenvalue weighted by Gasteiger charge is -2.37. The smallest absolute Gasteiger partial charge is 0.246 e. The van der Waals surface area contributed by atoms with Gasteiger partial charge in [-0.05, 0) is 43.5 Å². The van der Waals surface area contributed by atoms with Gasteiger partial charge in [-0.2, -0.15) is 0 Å². The summed E-state index contributed by atoms with van der Waals surface area (Å²) >= 11 is 0. The monoisotopic (exact) mass is 370 g/mol. The van der Waals surface area contributed by atoms with E-state index < -0.39 is 21.9 Å². The summed E-state index contributed by atoms with van der Waals surface area (Å²) in [6.07, 6.45) is 6.69. The Hall–Kier alpha value is -1.63. The molecular formula is C18H27FN2O3S. The lowest BCUT2D eigenvalue weighted by atomic mass is 9.94. The fourth-order valence-corrected chi connectivity index (χ4v) is 4.72. The van der Waals surface area contributed by atoms with Crippen LogP contribution in [0.5, 0.6) is 0 Å². The van der Waals surface area contributed by atoms with Crippen LogP contribution < -0.4 is 4.31 Å². The minimum Gasteiger partial charge on any atom is -0.341 e. The number of sulfonamides is 1. The first-order chi connectivity index (χ1) is 11.8. The van der Waals surface area contributed by atoms with Crippen molar-refractivity contribution in [3.05, 3.63) is 30.1 Å². The van der Waals surface area contributed by atoms with Crippen molar-refractivity contribution in [3.63, 3.8) is 0 Å². The topological polar surface area (TPSA) is 57.7 Å². The summed E-state index contributed by atoms with van der Waals surface area (Å²) in [7, 11) is -1.93. The standard InChI is InChI=1S/C18H27FN2O3S/c1-4-17(18(22)20(2)15-8-6-5-7-9-15)21(25(3,23)24)16-12-10-14(19)11-13-16/h10-13,15,17H,4-9H2,1-3H3/t17-/m1/s1. The zero-order chi connectivity index (χ0) is 18.6. The summed E-state index contributed by atoms with van der Waals surface area (Å²) < 4.78 is 39.1. The number of hydrogen-bond acceptors (Lipinski definition) is 3. The van der Waals surface area contributed by atoms with E-state index in [1.54, 1.807) is 18.9 Å². The summed E-state index contributed by atoms with van der Waals surface area (Å²) in [6.45, 7) is 1.79. The van der Waals surface area contributed by atoms with E-state index >= 15 is 0 Å². The van der Waals surface area contributed by atoms with Gasteiger partial charge in [-0.3, -0.25) is 9.10 Å². The van der Waals surface area contributed by atoms with Gasteiger partial charge in [-0.15, -0.1) is 0 Å². The Morgan fingerprint density at radius 3 is 2.24 bits per heavy atom. The number of carbonyl (C=O) groups is 1. The summed E-state index contributed by atoms with van der Waals surface area (Å²) in [5, 5.41) is 0. The van der Waals surface area contributed by atoms with E-state index in [4.69, 9.17) is 0 Å². The first-order valence-electron chi connectivity index (χ1n) is 8.77. The Labute approximate surface area is 149 Å². The molecule has 7 heteroatoms. The first kappa shape index (κ1) is 19.7. The molecule has 0 spiro atoms. The molecule has 1 fully saturated rings. The van der Waals surface area contributed by atoms with E-state index in [-0.39, 0.29) is 11.9 Å². The number of anilines is 1. The Bertz CT molecular complexity index is 685. The van der Waals surface area contributed by atoms with E-state index in [9.17, 15) is 17.6 Å². The van der Waals surface area contributed by atoms with E-state index in [0.717, 1.165) is 36.2 Å². The van der Waals surface area contributed by atoms with Crippen LogP contribution in [0.4, 0.5) is 10.1 Å². The van der Waals surface area contributed by atoms with E-state index in [1.165, 1.54) is 30.7 Å². The Morgan fingerprint density at radius 2 is 1.76 bits per heavy atom. The van der Waals surface area contributed by atoms with Gasteiger partial charge < -0.3 is 4.90 Å². The van der Waals surface area contributed by atoms with Crippen LogP contribution in [0.25, 0.3) is 0 Å². The predicted octanol–water partition coefficient (Wildman–Crippen LogP) is 3.16. The van der Waals surface area contributed by atoms with Gasteiger partial charge in [0.1, 0.15) is 11.9 Å². The molecule has 2 rings (SSSR count). The molecular weight excluding hydrogens is 343 g/mol.